The van der Waals surface area contributed by atoms with Crippen molar-refractivity contribution < 1.29 is 0 Å². The molecule has 0 atom stereocenters. The zero-order valence-corrected chi connectivity index (χ0v) is 13.1. The summed E-state index contributed by atoms with van der Waals surface area (Å²) in [6.07, 6.45) is 7.12. The Balaban J connectivity index is 0.000000415. The molecule has 0 saturated heterocycles. The largest absolute Gasteiger partial charge is 0.0683 e. The third-order valence-electron chi connectivity index (χ3n) is 2.84. The van der Waals surface area contributed by atoms with Crippen molar-refractivity contribution >= 4 is 0 Å². The van der Waals surface area contributed by atoms with Crippen molar-refractivity contribution in [2.45, 2.75) is 66.7 Å². The fourth-order valence-corrected chi connectivity index (χ4v) is 2.16. The van der Waals surface area contributed by atoms with Crippen LogP contribution in [0.3, 0.4) is 0 Å². The summed E-state index contributed by atoms with van der Waals surface area (Å²) in [5.74, 6) is 1.81. The highest BCUT2D eigenvalue weighted by Crippen LogP contribution is 2.27. The van der Waals surface area contributed by atoms with Gasteiger partial charge in [-0.2, -0.15) is 0 Å². The van der Waals surface area contributed by atoms with Crippen LogP contribution in [0.4, 0.5) is 0 Å². The second-order valence-corrected chi connectivity index (χ2v) is 5.57. The maximum Gasteiger partial charge on any atom is -0.0250 e. The van der Waals surface area contributed by atoms with Gasteiger partial charge in [0, 0.05) is 0 Å². The van der Waals surface area contributed by atoms with Gasteiger partial charge in [0.1, 0.15) is 0 Å². The lowest BCUT2D eigenvalue weighted by atomic mass is 9.98. The van der Waals surface area contributed by atoms with Gasteiger partial charge in [-0.15, -0.1) is 0 Å². The van der Waals surface area contributed by atoms with Crippen LogP contribution in [-0.4, -0.2) is 0 Å². The van der Waals surface area contributed by atoms with Gasteiger partial charge in [-0.05, 0) is 23.8 Å². The van der Waals surface area contributed by atoms with Crippen molar-refractivity contribution in [2.24, 2.45) is 11.8 Å². The molecule has 0 nitrogen and oxygen atoms in total. The van der Waals surface area contributed by atoms with Crippen LogP contribution in [0.1, 0.15) is 65.9 Å². The summed E-state index contributed by atoms with van der Waals surface area (Å²) >= 11 is 0. The van der Waals surface area contributed by atoms with Crippen LogP contribution in [0.2, 0.25) is 0 Å². The van der Waals surface area contributed by atoms with Crippen molar-refractivity contribution in [3.05, 3.63) is 35.9 Å². The monoisotopic (exact) mass is 248 g/mol. The molecule has 1 fully saturated rings. The van der Waals surface area contributed by atoms with E-state index in [1.807, 2.05) is 13.8 Å². The van der Waals surface area contributed by atoms with E-state index in [2.05, 4.69) is 51.1 Å². The fraction of sp³-hybridized carbons (Fsp3) is 0.667. The molecule has 0 spiro atoms. The van der Waals surface area contributed by atoms with E-state index in [9.17, 15) is 0 Å². The molecule has 0 amide bonds. The average molecular weight is 248 g/mol. The third-order valence-corrected chi connectivity index (χ3v) is 2.84. The van der Waals surface area contributed by atoms with Crippen molar-refractivity contribution in [3.8, 4) is 0 Å². The van der Waals surface area contributed by atoms with E-state index < -0.39 is 0 Å². The summed E-state index contributed by atoms with van der Waals surface area (Å²) in [5, 5.41) is 0. The van der Waals surface area contributed by atoms with Gasteiger partial charge in [0.15, 0.2) is 0 Å². The topological polar surface area (TPSA) is 0 Å². The molecule has 1 aliphatic rings. The van der Waals surface area contributed by atoms with Crippen LogP contribution < -0.4 is 0 Å². The van der Waals surface area contributed by atoms with Gasteiger partial charge in [0.25, 0.3) is 0 Å². The Morgan fingerprint density at radius 2 is 1.39 bits per heavy atom. The molecule has 0 heteroatoms. The normalized spacial score (nSPS) is 14.6. The van der Waals surface area contributed by atoms with Crippen molar-refractivity contribution in [1.82, 2.24) is 0 Å². The second kappa shape index (κ2) is 11.3. The molecule has 1 aromatic carbocycles. The predicted molar refractivity (Wildman–Crippen MR) is 84.0 cm³/mol. The summed E-state index contributed by atoms with van der Waals surface area (Å²) in [4.78, 5) is 0. The van der Waals surface area contributed by atoms with Crippen molar-refractivity contribution in [2.75, 3.05) is 0 Å². The smallest absolute Gasteiger partial charge is 0.0250 e. The first-order valence-electron chi connectivity index (χ1n) is 7.72. The second-order valence-electron chi connectivity index (χ2n) is 5.57. The Bertz CT molecular complexity index is 252. The van der Waals surface area contributed by atoms with Gasteiger partial charge in [0.2, 0.25) is 0 Å². The van der Waals surface area contributed by atoms with Crippen LogP contribution in [-0.2, 0) is 6.42 Å². The van der Waals surface area contributed by atoms with Gasteiger partial charge in [0.05, 0.1) is 0 Å². The molecule has 0 radical (unpaired) electrons. The number of hydrogen-bond donors (Lipinski definition) is 0. The number of hydrogen-bond acceptors (Lipinski definition) is 0. The quantitative estimate of drug-likeness (QED) is 0.592. The van der Waals surface area contributed by atoms with E-state index in [0.29, 0.717) is 0 Å². The molecule has 1 aliphatic carbocycles. The Morgan fingerprint density at radius 1 is 0.944 bits per heavy atom. The minimum absolute atomic E-state index is 0.833. The molecule has 0 aliphatic heterocycles. The molecule has 0 unspecified atom stereocenters. The molecule has 1 saturated carbocycles. The Morgan fingerprint density at radius 3 is 1.83 bits per heavy atom. The summed E-state index contributed by atoms with van der Waals surface area (Å²) < 4.78 is 0. The van der Waals surface area contributed by atoms with Crippen LogP contribution in [0, 0.1) is 11.8 Å². The van der Waals surface area contributed by atoms with E-state index in [1.54, 1.807) is 0 Å². The van der Waals surface area contributed by atoms with E-state index in [0.717, 1.165) is 11.8 Å². The molecule has 18 heavy (non-hydrogen) atoms. The molecule has 0 N–H and O–H groups in total. The van der Waals surface area contributed by atoms with Crippen LogP contribution in [0.15, 0.2) is 30.3 Å². The molecular weight excluding hydrogens is 216 g/mol. The summed E-state index contributed by atoms with van der Waals surface area (Å²) in [6.45, 7) is 10.5. The van der Waals surface area contributed by atoms with Crippen molar-refractivity contribution in [1.29, 1.82) is 0 Å². The maximum absolute atomic E-state index is 2.25. The van der Waals surface area contributed by atoms with Gasteiger partial charge in [-0.3, -0.25) is 0 Å². The molecule has 0 bridgehead atoms. The van der Waals surface area contributed by atoms with Crippen molar-refractivity contribution in [3.63, 3.8) is 0 Å². The lowest BCUT2D eigenvalue weighted by Crippen LogP contribution is -1.97. The minimum Gasteiger partial charge on any atom is -0.0683 e. The van der Waals surface area contributed by atoms with Gasteiger partial charge in [-0.25, -0.2) is 0 Å². The molecule has 0 aromatic heterocycles. The van der Waals surface area contributed by atoms with Crippen LogP contribution in [0.5, 0.6) is 0 Å². The first kappa shape index (κ1) is 17.2. The summed E-state index contributed by atoms with van der Waals surface area (Å²) in [5.41, 5.74) is 1.52. The average Bonchev–Trinajstić information content (AvgIpc) is 2.85. The number of benzene rings is 1. The van der Waals surface area contributed by atoms with E-state index in [1.165, 1.54) is 37.7 Å². The lowest BCUT2D eigenvalue weighted by molar-refractivity contribution is 0.546. The SMILES string of the molecule is CC.CC(C)C.c1ccc(CC2CCCC2)cc1. The van der Waals surface area contributed by atoms with E-state index >= 15 is 0 Å². The zero-order valence-electron chi connectivity index (χ0n) is 13.1. The summed E-state index contributed by atoms with van der Waals surface area (Å²) in [6, 6.07) is 10.9. The highest BCUT2D eigenvalue weighted by Gasteiger charge is 2.14. The maximum atomic E-state index is 2.25. The molecule has 1 aromatic rings. The first-order chi connectivity index (χ1) is 8.68. The highest BCUT2D eigenvalue weighted by molar-refractivity contribution is 5.15. The third kappa shape index (κ3) is 9.27. The molecular formula is C18H32. The highest BCUT2D eigenvalue weighted by atomic mass is 14.2. The Labute approximate surface area is 115 Å². The summed E-state index contributed by atoms with van der Waals surface area (Å²) in [7, 11) is 0. The zero-order chi connectivity index (χ0) is 13.8. The molecule has 2 rings (SSSR count). The van der Waals surface area contributed by atoms with E-state index in [4.69, 9.17) is 0 Å². The Kier molecular flexibility index (Phi) is 10.8. The first-order valence-corrected chi connectivity index (χ1v) is 7.72. The van der Waals surface area contributed by atoms with Gasteiger partial charge in [-0.1, -0.05) is 90.6 Å². The van der Waals surface area contributed by atoms with Crippen LogP contribution in [0.25, 0.3) is 0 Å². The molecule has 104 valence electrons. The van der Waals surface area contributed by atoms with Crippen LogP contribution >= 0.6 is 0 Å². The number of rotatable bonds is 2. The Hall–Kier alpha value is -0.780. The predicted octanol–water partition coefficient (Wildman–Crippen LogP) is 6.11. The molecule has 0 heterocycles. The van der Waals surface area contributed by atoms with E-state index in [-0.39, 0.29) is 0 Å². The lowest BCUT2D eigenvalue weighted by Gasteiger charge is -2.07. The standard InChI is InChI=1S/C12H16.C4H10.C2H6/c1-2-6-11(7-3-1)10-12-8-4-5-9-12;1-4(2)3;1-2/h1-3,6-7,12H,4-5,8-10H2;4H,1-3H3;1-2H3. The van der Waals surface area contributed by atoms with Gasteiger partial charge >= 0.3 is 0 Å². The minimum atomic E-state index is 0.833. The van der Waals surface area contributed by atoms with Gasteiger partial charge < -0.3 is 0 Å². The fourth-order valence-electron chi connectivity index (χ4n) is 2.16.